The van der Waals surface area contributed by atoms with E-state index < -0.39 is 15.6 Å². The summed E-state index contributed by atoms with van der Waals surface area (Å²) in [6.45, 7) is 2.74. The first kappa shape index (κ1) is 25.2. The van der Waals surface area contributed by atoms with Crippen molar-refractivity contribution in [3.8, 4) is 22.4 Å². The Labute approximate surface area is 248 Å². The third-order valence-corrected chi connectivity index (χ3v) is 11.1. The topological polar surface area (TPSA) is 109 Å². The molecule has 2 aromatic carbocycles. The zero-order valence-electron chi connectivity index (χ0n) is 23.6. The molecule has 43 heavy (non-hydrogen) atoms. The van der Waals surface area contributed by atoms with E-state index in [1.54, 1.807) is 24.3 Å². The highest BCUT2D eigenvalue weighted by Crippen LogP contribution is 2.51. The van der Waals surface area contributed by atoms with Crippen LogP contribution in [0.1, 0.15) is 29.7 Å². The summed E-state index contributed by atoms with van der Waals surface area (Å²) in [5.41, 5.74) is 7.10. The maximum Gasteiger partial charge on any atom is 0.269 e. The van der Waals surface area contributed by atoms with Crippen molar-refractivity contribution in [1.82, 2.24) is 33.8 Å². The normalized spacial score (nSPS) is 19.7. The molecule has 0 aliphatic carbocycles. The lowest BCUT2D eigenvalue weighted by atomic mass is 9.86. The molecule has 1 unspecified atom stereocenters. The number of aryl methyl sites for hydroxylation is 2. The number of aromatic nitrogens is 6. The van der Waals surface area contributed by atoms with Crippen molar-refractivity contribution in [2.75, 3.05) is 13.1 Å². The summed E-state index contributed by atoms with van der Waals surface area (Å²) in [7, 11) is -2.15. The predicted molar refractivity (Wildman–Crippen MR) is 162 cm³/mol. The van der Waals surface area contributed by atoms with Crippen molar-refractivity contribution >= 4 is 32.0 Å². The molecule has 0 saturated carbocycles. The molecule has 10 nitrogen and oxygen atoms in total. The Kier molecular flexibility index (Phi) is 5.19. The van der Waals surface area contributed by atoms with Gasteiger partial charge in [0.2, 0.25) is 0 Å². The molecule has 7 heterocycles. The van der Waals surface area contributed by atoms with Gasteiger partial charge in [0.1, 0.15) is 5.60 Å². The van der Waals surface area contributed by atoms with Gasteiger partial charge in [-0.2, -0.15) is 10.2 Å². The number of nitrogens with zero attached hydrogens (tertiary/aromatic N) is 6. The van der Waals surface area contributed by atoms with Gasteiger partial charge in [0.25, 0.3) is 10.0 Å². The average Bonchev–Trinajstić information content (AvgIpc) is 3.86. The molecule has 0 radical (unpaired) electrons. The lowest BCUT2D eigenvalue weighted by molar-refractivity contribution is -0.0211. The van der Waals surface area contributed by atoms with Crippen LogP contribution in [0.4, 0.5) is 0 Å². The van der Waals surface area contributed by atoms with Crippen molar-refractivity contribution in [1.29, 1.82) is 0 Å². The Morgan fingerprint density at radius 3 is 2.77 bits per heavy atom. The van der Waals surface area contributed by atoms with Gasteiger partial charge < -0.3 is 10.1 Å². The van der Waals surface area contributed by atoms with Crippen molar-refractivity contribution in [3.05, 3.63) is 83.9 Å². The van der Waals surface area contributed by atoms with Gasteiger partial charge in [-0.05, 0) is 55.6 Å². The molecule has 0 amide bonds. The van der Waals surface area contributed by atoms with E-state index in [1.165, 1.54) is 3.97 Å². The van der Waals surface area contributed by atoms with E-state index in [1.807, 2.05) is 41.1 Å². The fraction of sp³-hybridized carbons (Fsp3) is 0.281. The predicted octanol–water partition coefficient (Wildman–Crippen LogP) is 4.36. The van der Waals surface area contributed by atoms with Crippen LogP contribution in [-0.4, -0.2) is 50.0 Å². The molecule has 1 saturated heterocycles. The van der Waals surface area contributed by atoms with Crippen molar-refractivity contribution in [3.63, 3.8) is 0 Å². The summed E-state index contributed by atoms with van der Waals surface area (Å²) in [5.74, 6) is 0. The minimum Gasteiger partial charge on any atom is -0.364 e. The van der Waals surface area contributed by atoms with E-state index in [0.717, 1.165) is 82.2 Å². The largest absolute Gasteiger partial charge is 0.364 e. The molecule has 4 aromatic heterocycles. The molecule has 9 rings (SSSR count). The summed E-state index contributed by atoms with van der Waals surface area (Å²) in [6, 6.07) is 14.9. The highest BCUT2D eigenvalue weighted by molar-refractivity contribution is 7.90. The number of ether oxygens (including phenoxy) is 1. The minimum absolute atomic E-state index is 0.210. The van der Waals surface area contributed by atoms with Gasteiger partial charge in [-0.1, -0.05) is 24.3 Å². The Morgan fingerprint density at radius 1 is 1.05 bits per heavy atom. The van der Waals surface area contributed by atoms with E-state index >= 15 is 0 Å². The fourth-order valence-corrected chi connectivity index (χ4v) is 8.93. The molecule has 11 heteroatoms. The first-order valence-electron chi connectivity index (χ1n) is 14.7. The molecule has 1 N–H and O–H groups in total. The van der Waals surface area contributed by atoms with Crippen LogP contribution < -0.4 is 5.32 Å². The van der Waals surface area contributed by atoms with Crippen LogP contribution in [-0.2, 0) is 47.0 Å². The lowest BCUT2D eigenvalue weighted by Crippen LogP contribution is -2.28. The SMILES string of the molecule is Cn1ncc2cc(-c3c(-c4cnn5c4CCC5)n(S(=O)(=O)c4ccccc4)c4ncc5c(c34)C3(CCNC3)OC5)ccc21. The van der Waals surface area contributed by atoms with Crippen molar-refractivity contribution in [2.24, 2.45) is 7.05 Å². The van der Waals surface area contributed by atoms with Gasteiger partial charge in [0.05, 0.1) is 35.1 Å². The Hall–Kier alpha value is -4.32. The maximum atomic E-state index is 14.8. The molecule has 0 bridgehead atoms. The number of pyridine rings is 1. The first-order valence-corrected chi connectivity index (χ1v) is 16.1. The zero-order valence-corrected chi connectivity index (χ0v) is 24.4. The van der Waals surface area contributed by atoms with Crippen molar-refractivity contribution < 1.29 is 13.2 Å². The summed E-state index contributed by atoms with van der Waals surface area (Å²) in [4.78, 5) is 5.13. The van der Waals surface area contributed by atoms with Gasteiger partial charge in [0.15, 0.2) is 5.65 Å². The summed E-state index contributed by atoms with van der Waals surface area (Å²) in [5, 5.41) is 14.5. The first-order chi connectivity index (χ1) is 21.0. The van der Waals surface area contributed by atoms with Gasteiger partial charge >= 0.3 is 0 Å². The average molecular weight is 592 g/mol. The number of hydrogen-bond donors (Lipinski definition) is 1. The number of benzene rings is 2. The molecule has 1 fully saturated rings. The van der Waals surface area contributed by atoms with Gasteiger partial charge in [-0.25, -0.2) is 17.4 Å². The molecule has 3 aliphatic heterocycles. The maximum absolute atomic E-state index is 14.8. The monoisotopic (exact) mass is 591 g/mol. The Bertz CT molecular complexity index is 2210. The Morgan fingerprint density at radius 2 is 1.93 bits per heavy atom. The number of rotatable bonds is 4. The molecule has 6 aromatic rings. The highest BCUT2D eigenvalue weighted by Gasteiger charge is 2.46. The van der Waals surface area contributed by atoms with Crippen LogP contribution in [0.25, 0.3) is 44.3 Å². The molecule has 1 spiro atoms. The van der Waals surface area contributed by atoms with Gasteiger partial charge in [-0.3, -0.25) is 9.36 Å². The second-order valence-corrected chi connectivity index (χ2v) is 13.5. The smallest absolute Gasteiger partial charge is 0.269 e. The van der Waals surface area contributed by atoms with E-state index in [2.05, 4.69) is 28.6 Å². The fourth-order valence-electron chi connectivity index (χ4n) is 7.42. The van der Waals surface area contributed by atoms with E-state index in [0.29, 0.717) is 24.5 Å². The highest BCUT2D eigenvalue weighted by atomic mass is 32.2. The second kappa shape index (κ2) is 8.85. The third kappa shape index (κ3) is 3.41. The summed E-state index contributed by atoms with van der Waals surface area (Å²) >= 11 is 0. The van der Waals surface area contributed by atoms with E-state index in [9.17, 15) is 8.42 Å². The quantitative estimate of drug-likeness (QED) is 0.325. The third-order valence-electron chi connectivity index (χ3n) is 9.40. The van der Waals surface area contributed by atoms with E-state index in [-0.39, 0.29) is 4.90 Å². The van der Waals surface area contributed by atoms with Gasteiger partial charge in [0, 0.05) is 65.1 Å². The number of fused-ring (bicyclic) bond motifs is 6. The Balaban J connectivity index is 1.49. The van der Waals surface area contributed by atoms with Crippen LogP contribution in [0.3, 0.4) is 0 Å². The van der Waals surface area contributed by atoms with Crippen LogP contribution >= 0.6 is 0 Å². The van der Waals surface area contributed by atoms with Crippen molar-refractivity contribution in [2.45, 2.75) is 42.9 Å². The number of hydrogen-bond acceptors (Lipinski definition) is 7. The molecule has 216 valence electrons. The molecular weight excluding hydrogens is 562 g/mol. The van der Waals surface area contributed by atoms with Crippen LogP contribution in [0.5, 0.6) is 0 Å². The van der Waals surface area contributed by atoms with Crippen LogP contribution in [0.15, 0.2) is 72.0 Å². The summed E-state index contributed by atoms with van der Waals surface area (Å²) in [6.07, 6.45) is 8.08. The molecule has 3 aliphatic rings. The summed E-state index contributed by atoms with van der Waals surface area (Å²) < 4.78 is 41.4. The van der Waals surface area contributed by atoms with Crippen LogP contribution in [0, 0.1) is 0 Å². The van der Waals surface area contributed by atoms with Gasteiger partial charge in [-0.15, -0.1) is 0 Å². The minimum atomic E-state index is -4.07. The lowest BCUT2D eigenvalue weighted by Gasteiger charge is -2.24. The van der Waals surface area contributed by atoms with Crippen LogP contribution in [0.2, 0.25) is 0 Å². The second-order valence-electron chi connectivity index (χ2n) is 11.7. The molecule has 1 atom stereocenters. The van der Waals surface area contributed by atoms with E-state index in [4.69, 9.17) is 14.8 Å². The number of nitrogens with one attached hydrogen (secondary N) is 1. The standard InChI is InChI=1S/C32H29N7O3S/c1-37-25-10-9-20(14-21(25)16-35-37)27-28-29-22(18-42-32(29)11-12-33-19-32)15-34-31(28)39(43(40,41)23-6-3-2-4-7-23)30(27)24-17-36-38-13-5-8-26(24)38/h2-4,6-7,9-10,14-17,33H,5,8,11-13,18-19H2,1H3. The molecular formula is C32H29N7O3S. The zero-order chi connectivity index (χ0) is 28.9.